The summed E-state index contributed by atoms with van der Waals surface area (Å²) in [6.45, 7) is 2.76. The summed E-state index contributed by atoms with van der Waals surface area (Å²) in [6.07, 6.45) is 47.2. The Labute approximate surface area is 488 Å². The van der Waals surface area contributed by atoms with E-state index in [2.05, 4.69) is 31.3 Å². The van der Waals surface area contributed by atoms with Crippen molar-refractivity contribution in [2.45, 2.75) is 370 Å². The van der Waals surface area contributed by atoms with Crippen molar-refractivity contribution in [3.05, 3.63) is 24.3 Å². The SMILES string of the molecule is CCCCCC/C=C/CC/C=C/C(O)C(COC1OC(CO)C(OC2OC(CO)C(O)C(O)C2O)C(O)C1O)NC(=O)CCCCCCCCCCCCCCCCCCCCCCCCCCCCCCCCCCCCCC. The maximum absolute atomic E-state index is 13.2. The summed E-state index contributed by atoms with van der Waals surface area (Å²) in [5.41, 5.74) is 0. The largest absolute Gasteiger partial charge is 0.394 e. The van der Waals surface area contributed by atoms with Gasteiger partial charge in [-0.15, -0.1) is 0 Å². The van der Waals surface area contributed by atoms with Gasteiger partial charge in [-0.25, -0.2) is 0 Å². The Bertz CT molecular complexity index is 1440. The number of nitrogens with one attached hydrogen (secondary N) is 1. The van der Waals surface area contributed by atoms with E-state index in [0.717, 1.165) is 32.1 Å². The van der Waals surface area contributed by atoms with E-state index >= 15 is 0 Å². The molecule has 0 aromatic carbocycles. The van der Waals surface area contributed by atoms with E-state index in [1.54, 1.807) is 6.08 Å². The lowest BCUT2D eigenvalue weighted by Crippen LogP contribution is -2.65. The van der Waals surface area contributed by atoms with Crippen LogP contribution in [-0.4, -0.2) is 140 Å². The van der Waals surface area contributed by atoms with Crippen molar-refractivity contribution in [1.82, 2.24) is 5.32 Å². The maximum atomic E-state index is 13.2. The summed E-state index contributed by atoms with van der Waals surface area (Å²) >= 11 is 0. The van der Waals surface area contributed by atoms with Gasteiger partial charge >= 0.3 is 0 Å². The van der Waals surface area contributed by atoms with Crippen LogP contribution in [0.3, 0.4) is 0 Å². The zero-order chi connectivity index (χ0) is 58.1. The summed E-state index contributed by atoms with van der Waals surface area (Å²) in [6, 6.07) is -0.926. The quantitative estimate of drug-likeness (QED) is 0.0204. The Morgan fingerprint density at radius 2 is 0.800 bits per heavy atom. The van der Waals surface area contributed by atoms with Gasteiger partial charge in [-0.3, -0.25) is 4.79 Å². The molecule has 0 spiro atoms. The van der Waals surface area contributed by atoms with Crippen molar-refractivity contribution in [2.75, 3.05) is 19.8 Å². The normalized spacial score (nSPS) is 24.3. The molecule has 9 N–H and O–H groups in total. The Hall–Kier alpha value is -1.53. The average molecular weight is 1140 g/mol. The predicted molar refractivity (Wildman–Crippen MR) is 323 cm³/mol. The third-order valence-corrected chi connectivity index (χ3v) is 16.6. The molecule has 80 heavy (non-hydrogen) atoms. The van der Waals surface area contributed by atoms with E-state index in [0.29, 0.717) is 12.8 Å². The van der Waals surface area contributed by atoms with E-state index in [1.807, 2.05) is 6.08 Å². The van der Waals surface area contributed by atoms with Gasteiger partial charge in [-0.1, -0.05) is 282 Å². The molecule has 0 aromatic rings. The second kappa shape index (κ2) is 51.9. The highest BCUT2D eigenvalue weighted by Crippen LogP contribution is 2.30. The highest BCUT2D eigenvalue weighted by Gasteiger charge is 2.51. The zero-order valence-corrected chi connectivity index (χ0v) is 51.1. The van der Waals surface area contributed by atoms with Crippen molar-refractivity contribution < 1.29 is 64.6 Å². The lowest BCUT2D eigenvalue weighted by molar-refractivity contribution is -0.359. The van der Waals surface area contributed by atoms with E-state index in [4.69, 9.17) is 18.9 Å². The molecule has 2 aliphatic rings. The van der Waals surface area contributed by atoms with Crippen LogP contribution in [-0.2, 0) is 23.7 Å². The minimum Gasteiger partial charge on any atom is -0.394 e. The van der Waals surface area contributed by atoms with Crippen LogP contribution in [0.15, 0.2) is 24.3 Å². The topological polar surface area (TPSA) is 228 Å². The summed E-state index contributed by atoms with van der Waals surface area (Å²) in [5, 5.41) is 86.9. The standard InChI is InChI=1S/C66H125NO13/c1-3-5-7-9-11-13-15-16-17-18-19-20-21-22-23-24-25-26-27-28-29-30-31-32-33-34-35-36-37-38-39-40-42-44-46-48-50-58(71)67-54(55(70)49-47-45-43-41-14-12-10-8-6-4-2)53-77-65-63(76)61(74)64(57(52-69)79-65)80-66-62(75)60(73)59(72)56(51-68)78-66/h14,41,47,49,54-57,59-66,68-70,72-76H,3-13,15-40,42-46,48,50-53H2,1-2H3,(H,67,71)/b41-14+,49-47+. The number of aliphatic hydroxyl groups is 8. The number of carbonyl (C=O) groups excluding carboxylic acids is 1. The van der Waals surface area contributed by atoms with E-state index < -0.39 is 86.8 Å². The lowest BCUT2D eigenvalue weighted by atomic mass is 9.97. The van der Waals surface area contributed by atoms with Crippen molar-refractivity contribution in [3.8, 4) is 0 Å². The fourth-order valence-corrected chi connectivity index (χ4v) is 11.3. The molecule has 0 bridgehead atoms. The number of allylic oxidation sites excluding steroid dienone is 3. The van der Waals surface area contributed by atoms with Gasteiger partial charge in [-0.2, -0.15) is 0 Å². The highest BCUT2D eigenvalue weighted by atomic mass is 16.7. The summed E-state index contributed by atoms with van der Waals surface area (Å²) in [5.74, 6) is -0.246. The molecular weight excluding hydrogens is 1010 g/mol. The van der Waals surface area contributed by atoms with Crippen LogP contribution in [0.1, 0.15) is 296 Å². The second-order valence-electron chi connectivity index (χ2n) is 24.0. The number of aliphatic hydroxyl groups excluding tert-OH is 8. The Morgan fingerprint density at radius 3 is 1.23 bits per heavy atom. The fraction of sp³-hybridized carbons (Fsp3) is 0.924. The molecule has 472 valence electrons. The van der Waals surface area contributed by atoms with Crippen LogP contribution in [0, 0.1) is 0 Å². The Balaban J connectivity index is 1.54. The maximum Gasteiger partial charge on any atom is 0.220 e. The molecule has 12 atom stereocenters. The Morgan fingerprint density at radius 1 is 0.438 bits per heavy atom. The van der Waals surface area contributed by atoms with Crippen LogP contribution in [0.25, 0.3) is 0 Å². The number of carbonyl (C=O) groups is 1. The summed E-state index contributed by atoms with van der Waals surface area (Å²) < 4.78 is 22.7. The molecule has 0 saturated carbocycles. The molecule has 0 aromatic heterocycles. The molecular formula is C66H125NO13. The van der Waals surface area contributed by atoms with Gasteiger partial charge in [0.25, 0.3) is 0 Å². The molecule has 14 heteroatoms. The van der Waals surface area contributed by atoms with E-state index in [1.165, 1.54) is 231 Å². The monoisotopic (exact) mass is 1140 g/mol. The molecule has 14 nitrogen and oxygen atoms in total. The minimum atomic E-state index is -1.79. The minimum absolute atomic E-state index is 0.246. The molecule has 0 radical (unpaired) electrons. The molecule has 2 aliphatic heterocycles. The van der Waals surface area contributed by atoms with E-state index in [9.17, 15) is 45.6 Å². The van der Waals surface area contributed by atoms with E-state index in [-0.39, 0.29) is 18.9 Å². The molecule has 2 saturated heterocycles. The van der Waals surface area contributed by atoms with Crippen molar-refractivity contribution in [3.63, 3.8) is 0 Å². The second-order valence-corrected chi connectivity index (χ2v) is 24.0. The van der Waals surface area contributed by atoms with Crippen LogP contribution >= 0.6 is 0 Å². The molecule has 12 unspecified atom stereocenters. The highest BCUT2D eigenvalue weighted by molar-refractivity contribution is 5.76. The molecule has 2 heterocycles. The van der Waals surface area contributed by atoms with Gasteiger partial charge in [0.1, 0.15) is 48.8 Å². The van der Waals surface area contributed by atoms with Gasteiger partial charge < -0.3 is 65.1 Å². The number of ether oxygens (including phenoxy) is 4. The fourth-order valence-electron chi connectivity index (χ4n) is 11.3. The number of rotatable bonds is 55. The van der Waals surface area contributed by atoms with Gasteiger partial charge in [0.2, 0.25) is 5.91 Å². The number of unbranched alkanes of at least 4 members (excludes halogenated alkanes) is 40. The van der Waals surface area contributed by atoms with Crippen molar-refractivity contribution in [2.24, 2.45) is 0 Å². The molecule has 0 aliphatic carbocycles. The number of hydrogen-bond donors (Lipinski definition) is 9. The molecule has 2 fully saturated rings. The summed E-state index contributed by atoms with van der Waals surface area (Å²) in [7, 11) is 0. The van der Waals surface area contributed by atoms with Crippen LogP contribution < -0.4 is 5.32 Å². The van der Waals surface area contributed by atoms with Gasteiger partial charge in [-0.05, 0) is 32.1 Å². The van der Waals surface area contributed by atoms with Gasteiger partial charge in [0, 0.05) is 6.42 Å². The van der Waals surface area contributed by atoms with Crippen LogP contribution in [0.2, 0.25) is 0 Å². The first-order valence-corrected chi connectivity index (χ1v) is 33.6. The Kier molecular flexibility index (Phi) is 48.3. The first-order chi connectivity index (χ1) is 39.1. The smallest absolute Gasteiger partial charge is 0.220 e. The number of hydrogen-bond acceptors (Lipinski definition) is 13. The first kappa shape index (κ1) is 74.6. The predicted octanol–water partition coefficient (Wildman–Crippen LogP) is 12.8. The molecule has 1 amide bonds. The summed E-state index contributed by atoms with van der Waals surface area (Å²) in [4.78, 5) is 13.2. The average Bonchev–Trinajstić information content (AvgIpc) is 3.54. The van der Waals surface area contributed by atoms with Crippen LogP contribution in [0.4, 0.5) is 0 Å². The van der Waals surface area contributed by atoms with Gasteiger partial charge in [0.05, 0.1) is 32.0 Å². The lowest BCUT2D eigenvalue weighted by Gasteiger charge is -2.46. The van der Waals surface area contributed by atoms with Gasteiger partial charge in [0.15, 0.2) is 12.6 Å². The van der Waals surface area contributed by atoms with Crippen LogP contribution in [0.5, 0.6) is 0 Å². The number of amides is 1. The van der Waals surface area contributed by atoms with Crippen molar-refractivity contribution >= 4 is 5.91 Å². The third-order valence-electron chi connectivity index (χ3n) is 16.6. The zero-order valence-electron chi connectivity index (χ0n) is 51.1. The first-order valence-electron chi connectivity index (χ1n) is 33.6. The molecule has 2 rings (SSSR count). The third kappa shape index (κ3) is 36.3. The van der Waals surface area contributed by atoms with Crippen molar-refractivity contribution in [1.29, 1.82) is 0 Å².